The van der Waals surface area contributed by atoms with Gasteiger partial charge in [-0.25, -0.2) is 0 Å². The lowest BCUT2D eigenvalue weighted by atomic mass is 10.0. The van der Waals surface area contributed by atoms with Crippen LogP contribution in [0.4, 0.5) is 13.2 Å². The van der Waals surface area contributed by atoms with E-state index < -0.39 is 11.7 Å². The SMILES string of the molecule is COc1c(C)cc(CNC(C)c2cccc(C(F)(F)F)c2)cc1C. The molecule has 2 nitrogen and oxygen atoms in total. The third-order valence-corrected chi connectivity index (χ3v) is 4.05. The van der Waals surface area contributed by atoms with Gasteiger partial charge in [0.15, 0.2) is 0 Å². The molecular formula is C19H22F3NO. The van der Waals surface area contributed by atoms with Gasteiger partial charge in [-0.1, -0.05) is 24.3 Å². The molecule has 1 unspecified atom stereocenters. The standard InChI is InChI=1S/C19H22F3NO/c1-12-8-15(9-13(2)18(12)24-4)11-23-14(3)16-6-5-7-17(10-16)19(20,21)22/h5-10,14,23H,11H2,1-4H3. The summed E-state index contributed by atoms with van der Waals surface area (Å²) in [6.07, 6.45) is -4.32. The highest BCUT2D eigenvalue weighted by Crippen LogP contribution is 2.31. The summed E-state index contributed by atoms with van der Waals surface area (Å²) in [7, 11) is 1.64. The second-order valence-corrected chi connectivity index (χ2v) is 5.99. The van der Waals surface area contributed by atoms with Crippen LogP contribution in [-0.4, -0.2) is 7.11 Å². The van der Waals surface area contributed by atoms with Gasteiger partial charge in [-0.3, -0.25) is 0 Å². The highest BCUT2D eigenvalue weighted by Gasteiger charge is 2.30. The Morgan fingerprint density at radius 3 is 2.25 bits per heavy atom. The molecule has 0 aromatic heterocycles. The van der Waals surface area contributed by atoms with E-state index in [1.807, 2.05) is 32.9 Å². The molecule has 24 heavy (non-hydrogen) atoms. The Morgan fingerprint density at radius 2 is 1.71 bits per heavy atom. The third kappa shape index (κ3) is 4.29. The predicted octanol–water partition coefficient (Wildman–Crippen LogP) is 5.18. The van der Waals surface area contributed by atoms with E-state index >= 15 is 0 Å². The molecule has 0 aliphatic rings. The Bertz CT molecular complexity index is 687. The van der Waals surface area contributed by atoms with Crippen LogP contribution in [0.2, 0.25) is 0 Å². The number of ether oxygens (including phenoxy) is 1. The maximum absolute atomic E-state index is 12.8. The third-order valence-electron chi connectivity index (χ3n) is 4.05. The number of halogens is 3. The second kappa shape index (κ2) is 7.26. The minimum Gasteiger partial charge on any atom is -0.496 e. The van der Waals surface area contributed by atoms with Crippen LogP contribution >= 0.6 is 0 Å². The summed E-state index contributed by atoms with van der Waals surface area (Å²) in [5.41, 5.74) is 3.16. The van der Waals surface area contributed by atoms with Gasteiger partial charge in [0.05, 0.1) is 12.7 Å². The van der Waals surface area contributed by atoms with Gasteiger partial charge < -0.3 is 10.1 Å². The van der Waals surface area contributed by atoms with Crippen molar-refractivity contribution < 1.29 is 17.9 Å². The molecular weight excluding hydrogens is 315 g/mol. The lowest BCUT2D eigenvalue weighted by Crippen LogP contribution is -2.19. The highest BCUT2D eigenvalue weighted by atomic mass is 19.4. The lowest BCUT2D eigenvalue weighted by Gasteiger charge is -2.17. The summed E-state index contributed by atoms with van der Waals surface area (Å²) >= 11 is 0. The molecule has 0 bridgehead atoms. The second-order valence-electron chi connectivity index (χ2n) is 5.99. The highest BCUT2D eigenvalue weighted by molar-refractivity contribution is 5.43. The van der Waals surface area contributed by atoms with Gasteiger partial charge in [0.1, 0.15) is 5.75 Å². The van der Waals surface area contributed by atoms with E-state index in [0.29, 0.717) is 12.1 Å². The normalized spacial score (nSPS) is 13.0. The zero-order valence-electron chi connectivity index (χ0n) is 14.3. The smallest absolute Gasteiger partial charge is 0.416 e. The molecule has 0 fully saturated rings. The summed E-state index contributed by atoms with van der Waals surface area (Å²) in [4.78, 5) is 0. The van der Waals surface area contributed by atoms with Crippen LogP contribution in [0.15, 0.2) is 36.4 Å². The molecule has 5 heteroatoms. The zero-order valence-corrected chi connectivity index (χ0v) is 14.3. The van der Waals surface area contributed by atoms with Gasteiger partial charge in [0, 0.05) is 12.6 Å². The summed E-state index contributed by atoms with van der Waals surface area (Å²) in [6.45, 7) is 6.39. The zero-order chi connectivity index (χ0) is 17.9. The van der Waals surface area contributed by atoms with E-state index in [9.17, 15) is 13.2 Å². The van der Waals surface area contributed by atoms with Crippen molar-refractivity contribution in [1.82, 2.24) is 5.32 Å². The molecule has 0 saturated carbocycles. The monoisotopic (exact) mass is 337 g/mol. The fraction of sp³-hybridized carbons (Fsp3) is 0.368. The molecule has 2 aromatic rings. The van der Waals surface area contributed by atoms with Crippen LogP contribution in [0, 0.1) is 13.8 Å². The van der Waals surface area contributed by atoms with Gasteiger partial charge in [-0.15, -0.1) is 0 Å². The summed E-state index contributed by atoms with van der Waals surface area (Å²) in [5, 5.41) is 3.28. The average molecular weight is 337 g/mol. The Labute approximate surface area is 140 Å². The van der Waals surface area contributed by atoms with E-state index in [1.165, 1.54) is 12.1 Å². The van der Waals surface area contributed by atoms with Crippen molar-refractivity contribution in [3.63, 3.8) is 0 Å². The molecule has 0 spiro atoms. The van der Waals surface area contributed by atoms with E-state index in [4.69, 9.17) is 4.74 Å². The molecule has 2 rings (SSSR count). The van der Waals surface area contributed by atoms with Gasteiger partial charge in [-0.2, -0.15) is 13.2 Å². The number of hydrogen-bond acceptors (Lipinski definition) is 2. The molecule has 0 aliphatic carbocycles. The van der Waals surface area contributed by atoms with E-state index in [1.54, 1.807) is 13.2 Å². The number of hydrogen-bond donors (Lipinski definition) is 1. The van der Waals surface area contributed by atoms with Crippen molar-refractivity contribution in [2.45, 2.75) is 39.5 Å². The number of alkyl halides is 3. The van der Waals surface area contributed by atoms with Gasteiger partial charge in [0.2, 0.25) is 0 Å². The molecule has 0 amide bonds. The Hall–Kier alpha value is -2.01. The lowest BCUT2D eigenvalue weighted by molar-refractivity contribution is -0.137. The predicted molar refractivity (Wildman–Crippen MR) is 89.2 cm³/mol. The maximum Gasteiger partial charge on any atom is 0.416 e. The number of benzene rings is 2. The molecule has 130 valence electrons. The number of aryl methyl sites for hydroxylation is 2. The van der Waals surface area contributed by atoms with E-state index in [2.05, 4.69) is 5.32 Å². The Kier molecular flexibility index (Phi) is 5.54. The number of rotatable bonds is 5. The van der Waals surface area contributed by atoms with Gasteiger partial charge >= 0.3 is 6.18 Å². The minimum atomic E-state index is -4.32. The summed E-state index contributed by atoms with van der Waals surface area (Å²) < 4.78 is 43.8. The van der Waals surface area contributed by atoms with Crippen LogP contribution < -0.4 is 10.1 Å². The summed E-state index contributed by atoms with van der Waals surface area (Å²) in [5.74, 6) is 0.865. The fourth-order valence-electron chi connectivity index (χ4n) is 2.84. The van der Waals surface area contributed by atoms with Crippen LogP contribution in [0.25, 0.3) is 0 Å². The minimum absolute atomic E-state index is 0.185. The van der Waals surface area contributed by atoms with Crippen LogP contribution in [0.5, 0.6) is 5.75 Å². The first kappa shape index (κ1) is 18.3. The first-order valence-corrected chi connectivity index (χ1v) is 7.77. The van der Waals surface area contributed by atoms with E-state index in [-0.39, 0.29) is 6.04 Å². The van der Waals surface area contributed by atoms with Crippen LogP contribution in [-0.2, 0) is 12.7 Å². The van der Waals surface area contributed by atoms with Crippen molar-refractivity contribution in [3.8, 4) is 5.75 Å². The molecule has 1 N–H and O–H groups in total. The first-order chi connectivity index (χ1) is 11.2. The average Bonchev–Trinajstić information content (AvgIpc) is 2.51. The molecule has 0 heterocycles. The van der Waals surface area contributed by atoms with Gasteiger partial charge in [-0.05, 0) is 55.2 Å². The fourth-order valence-corrected chi connectivity index (χ4v) is 2.84. The Morgan fingerprint density at radius 1 is 1.08 bits per heavy atom. The number of nitrogens with one attached hydrogen (secondary N) is 1. The van der Waals surface area contributed by atoms with Crippen molar-refractivity contribution in [2.24, 2.45) is 0 Å². The van der Waals surface area contributed by atoms with Crippen molar-refractivity contribution in [3.05, 3.63) is 64.2 Å². The molecule has 1 atom stereocenters. The number of methoxy groups -OCH3 is 1. The van der Waals surface area contributed by atoms with Crippen molar-refractivity contribution in [1.29, 1.82) is 0 Å². The molecule has 0 radical (unpaired) electrons. The Balaban J connectivity index is 2.10. The first-order valence-electron chi connectivity index (χ1n) is 7.77. The van der Waals surface area contributed by atoms with Crippen LogP contribution in [0.1, 0.15) is 40.8 Å². The molecule has 0 saturated heterocycles. The maximum atomic E-state index is 12.8. The van der Waals surface area contributed by atoms with Crippen LogP contribution in [0.3, 0.4) is 0 Å². The molecule has 0 aliphatic heterocycles. The quantitative estimate of drug-likeness (QED) is 0.811. The topological polar surface area (TPSA) is 21.3 Å². The largest absolute Gasteiger partial charge is 0.496 e. The molecule has 2 aromatic carbocycles. The van der Waals surface area contributed by atoms with E-state index in [0.717, 1.165) is 28.5 Å². The van der Waals surface area contributed by atoms with Crippen molar-refractivity contribution >= 4 is 0 Å². The summed E-state index contributed by atoms with van der Waals surface area (Å²) in [6, 6.07) is 9.30. The van der Waals surface area contributed by atoms with Gasteiger partial charge in [0.25, 0.3) is 0 Å². The van der Waals surface area contributed by atoms with Crippen molar-refractivity contribution in [2.75, 3.05) is 7.11 Å².